The first-order valence-corrected chi connectivity index (χ1v) is 11.7. The van der Waals surface area contributed by atoms with E-state index < -0.39 is 23.2 Å². The van der Waals surface area contributed by atoms with E-state index in [-0.39, 0.29) is 0 Å². The monoisotopic (exact) mass is 392 g/mol. The van der Waals surface area contributed by atoms with Gasteiger partial charge in [0.2, 0.25) is 0 Å². The quantitative estimate of drug-likeness (QED) is 0.610. The normalized spacial score (nSPS) is 19.5. The fourth-order valence-electron chi connectivity index (χ4n) is 3.32. The van der Waals surface area contributed by atoms with Crippen LogP contribution < -0.4 is 5.30 Å². The van der Waals surface area contributed by atoms with Gasteiger partial charge in [-0.15, -0.1) is 0 Å². The van der Waals surface area contributed by atoms with Gasteiger partial charge in [0.1, 0.15) is 0 Å². The number of hydrogen-bond acceptors (Lipinski definition) is 0. The molecule has 4 rings (SSSR count). The maximum absolute atomic E-state index is 2.39. The Hall–Kier alpha value is -1.03. The van der Waals surface area contributed by atoms with Gasteiger partial charge in [-0.2, -0.15) is 0 Å². The van der Waals surface area contributed by atoms with Crippen LogP contribution in [-0.4, -0.2) is 0 Å². The first-order chi connectivity index (χ1) is 11.3. The Morgan fingerprint density at radius 3 is 2.57 bits per heavy atom. The van der Waals surface area contributed by atoms with Crippen LogP contribution in [0.2, 0.25) is 0 Å². The van der Waals surface area contributed by atoms with Crippen molar-refractivity contribution in [2.45, 2.75) is 17.0 Å². The van der Waals surface area contributed by atoms with Gasteiger partial charge in [0, 0.05) is 0 Å². The van der Waals surface area contributed by atoms with Crippen LogP contribution in [0.5, 0.6) is 0 Å². The van der Waals surface area contributed by atoms with Crippen LogP contribution >= 0.6 is 8.58 Å². The summed E-state index contributed by atoms with van der Waals surface area (Å²) in [6.07, 6.45) is 8.12. The van der Waals surface area contributed by atoms with E-state index in [0.29, 0.717) is 0 Å². The van der Waals surface area contributed by atoms with Crippen LogP contribution in [0.15, 0.2) is 81.7 Å². The molecule has 23 heavy (non-hydrogen) atoms. The molecule has 2 aliphatic rings. The van der Waals surface area contributed by atoms with Gasteiger partial charge in [-0.1, -0.05) is 0 Å². The number of benzene rings is 2. The van der Waals surface area contributed by atoms with Gasteiger partial charge >= 0.3 is 152 Å². The maximum atomic E-state index is 2.39. The molecule has 112 valence electrons. The first-order valence-electron chi connectivity index (χ1n) is 8.07. The molecular formula is C21H19PZr. The fourth-order valence-corrected chi connectivity index (χ4v) is 8.88. The Bertz CT molecular complexity index is 815. The van der Waals surface area contributed by atoms with Crippen molar-refractivity contribution in [3.63, 3.8) is 0 Å². The van der Waals surface area contributed by atoms with Crippen LogP contribution in [0.3, 0.4) is 0 Å². The third-order valence-electron chi connectivity index (χ3n) is 4.51. The van der Waals surface area contributed by atoms with Crippen LogP contribution in [-0.2, 0) is 23.2 Å². The van der Waals surface area contributed by atoms with Crippen LogP contribution in [0.1, 0.15) is 28.1 Å². The van der Waals surface area contributed by atoms with Gasteiger partial charge in [-0.25, -0.2) is 0 Å². The molecule has 0 aromatic heterocycles. The zero-order valence-electron chi connectivity index (χ0n) is 13.2. The molecule has 0 nitrogen and oxygen atoms in total. The Balaban J connectivity index is 1.69. The average Bonchev–Trinajstić information content (AvgIpc) is 3.19. The molecule has 0 heterocycles. The molecule has 2 aliphatic carbocycles. The molecule has 2 heteroatoms. The summed E-state index contributed by atoms with van der Waals surface area (Å²) >= 11 is -0.589. The Labute approximate surface area is 151 Å². The van der Waals surface area contributed by atoms with Gasteiger partial charge < -0.3 is 0 Å². The predicted octanol–water partition coefficient (Wildman–Crippen LogP) is 5.40. The number of hydrogen-bond donors (Lipinski definition) is 0. The van der Waals surface area contributed by atoms with Crippen LogP contribution in [0, 0.1) is 0 Å². The van der Waals surface area contributed by atoms with E-state index in [4.69, 9.17) is 0 Å². The van der Waals surface area contributed by atoms with Gasteiger partial charge in [0.15, 0.2) is 0 Å². The van der Waals surface area contributed by atoms with Crippen molar-refractivity contribution in [2.75, 3.05) is 0 Å². The van der Waals surface area contributed by atoms with Crippen molar-refractivity contribution in [3.05, 3.63) is 92.8 Å². The molecule has 0 saturated carbocycles. The summed E-state index contributed by atoms with van der Waals surface area (Å²) in [7, 11) is 0.777. The van der Waals surface area contributed by atoms with Crippen molar-refractivity contribution in [2.24, 2.45) is 0 Å². The Kier molecular flexibility index (Phi) is 4.61. The third kappa shape index (κ3) is 3.15. The zero-order chi connectivity index (χ0) is 15.6. The molecule has 0 N–H and O–H groups in total. The minimum atomic E-state index is -0.589. The van der Waals surface area contributed by atoms with E-state index in [1.165, 1.54) is 17.3 Å². The second kappa shape index (κ2) is 6.84. The van der Waals surface area contributed by atoms with Crippen molar-refractivity contribution in [1.29, 1.82) is 0 Å². The van der Waals surface area contributed by atoms with E-state index in [0.717, 1.165) is 12.2 Å². The molecular weight excluding hydrogens is 374 g/mol. The summed E-state index contributed by atoms with van der Waals surface area (Å²) in [5, 5.41) is 3.05. The number of allylic oxidation sites excluding steroid dienone is 5. The SMILES string of the molecule is CC1=C(Pc2ccccc2)c2ccccc2[CH]1[Zr][C]1=CC=CC1. The first kappa shape index (κ1) is 15.5. The van der Waals surface area contributed by atoms with Gasteiger partial charge in [0.25, 0.3) is 0 Å². The van der Waals surface area contributed by atoms with E-state index in [2.05, 4.69) is 79.7 Å². The minimum absolute atomic E-state index is 0.589. The number of fused-ring (bicyclic) bond motifs is 1. The van der Waals surface area contributed by atoms with Gasteiger partial charge in [-0.3, -0.25) is 0 Å². The van der Waals surface area contributed by atoms with E-state index in [1.807, 2.05) is 0 Å². The molecule has 2 atom stereocenters. The summed E-state index contributed by atoms with van der Waals surface area (Å²) in [4.78, 5) is 0. The van der Waals surface area contributed by atoms with Crippen molar-refractivity contribution in [1.82, 2.24) is 0 Å². The second-order valence-electron chi connectivity index (χ2n) is 6.04. The Morgan fingerprint density at radius 1 is 1.00 bits per heavy atom. The van der Waals surface area contributed by atoms with Gasteiger partial charge in [0.05, 0.1) is 0 Å². The van der Waals surface area contributed by atoms with Crippen LogP contribution in [0.25, 0.3) is 5.31 Å². The molecule has 0 saturated heterocycles. The second-order valence-corrected chi connectivity index (χ2v) is 11.1. The molecule has 0 bridgehead atoms. The number of rotatable bonds is 4. The summed E-state index contributed by atoms with van der Waals surface area (Å²) < 4.78 is 2.46. The molecule has 0 spiro atoms. The summed E-state index contributed by atoms with van der Waals surface area (Å²) in [6, 6.07) is 20.1. The molecule has 2 unspecified atom stereocenters. The standard InChI is InChI=1S/C16H14P.C5H5.Zr/c1-12-11-13-7-5-6-10-15(13)16(12)17-14-8-3-2-4-9-14;1-2-4-5-3-1;/h2-11,17H,1H3;1-3H,4H2;. The molecule has 0 fully saturated rings. The topological polar surface area (TPSA) is 0 Å². The third-order valence-corrected chi connectivity index (χ3v) is 10.4. The zero-order valence-corrected chi connectivity index (χ0v) is 16.7. The summed E-state index contributed by atoms with van der Waals surface area (Å²) in [5.74, 6) is 0. The molecule has 2 aromatic rings. The summed E-state index contributed by atoms with van der Waals surface area (Å²) in [5.41, 5.74) is 4.76. The average molecular weight is 394 g/mol. The molecule has 0 aliphatic heterocycles. The van der Waals surface area contributed by atoms with Crippen molar-refractivity contribution >= 4 is 19.2 Å². The van der Waals surface area contributed by atoms with E-state index >= 15 is 0 Å². The van der Waals surface area contributed by atoms with Crippen molar-refractivity contribution in [3.8, 4) is 0 Å². The van der Waals surface area contributed by atoms with Gasteiger partial charge in [-0.05, 0) is 0 Å². The van der Waals surface area contributed by atoms with E-state index in [9.17, 15) is 0 Å². The Morgan fingerprint density at radius 2 is 1.78 bits per heavy atom. The fraction of sp³-hybridized carbons (Fsp3) is 0.143. The van der Waals surface area contributed by atoms with Crippen LogP contribution in [0.4, 0.5) is 0 Å². The summed E-state index contributed by atoms with van der Waals surface area (Å²) in [6.45, 7) is 2.39. The molecule has 0 amide bonds. The van der Waals surface area contributed by atoms with Crippen molar-refractivity contribution < 1.29 is 23.2 Å². The predicted molar refractivity (Wildman–Crippen MR) is 98.0 cm³/mol. The molecule has 2 aromatic carbocycles. The van der Waals surface area contributed by atoms with E-state index in [1.54, 1.807) is 19.7 Å². The molecule has 0 radical (unpaired) electrons.